The van der Waals surface area contributed by atoms with Gasteiger partial charge >= 0.3 is 5.97 Å². The van der Waals surface area contributed by atoms with E-state index in [0.29, 0.717) is 0 Å². The second-order valence-corrected chi connectivity index (χ2v) is 4.42. The third-order valence-electron chi connectivity index (χ3n) is 2.75. The molecule has 0 aliphatic carbocycles. The second-order valence-electron chi connectivity index (χ2n) is 4.42. The van der Waals surface area contributed by atoms with Crippen LogP contribution in [0.2, 0.25) is 0 Å². The first-order valence-corrected chi connectivity index (χ1v) is 6.47. The molecular formula is C13H26O3. The first-order chi connectivity index (χ1) is 7.60. The van der Waals surface area contributed by atoms with Crippen LogP contribution in [0, 0.1) is 0 Å². The Kier molecular flexibility index (Phi) is 9.30. The van der Waals surface area contributed by atoms with Gasteiger partial charge in [-0.15, -0.1) is 0 Å². The SMILES string of the molecule is CCCCCCC(C)OC(CC)CC(=O)O. The average molecular weight is 230 g/mol. The smallest absolute Gasteiger partial charge is 0.305 e. The summed E-state index contributed by atoms with van der Waals surface area (Å²) in [7, 11) is 0. The summed E-state index contributed by atoms with van der Waals surface area (Å²) in [5.74, 6) is -0.773. The Morgan fingerprint density at radius 2 is 1.94 bits per heavy atom. The second kappa shape index (κ2) is 9.64. The van der Waals surface area contributed by atoms with Gasteiger partial charge in [-0.3, -0.25) is 4.79 Å². The fraction of sp³-hybridized carbons (Fsp3) is 0.923. The molecule has 0 aliphatic rings. The van der Waals surface area contributed by atoms with Crippen molar-refractivity contribution in [2.24, 2.45) is 0 Å². The van der Waals surface area contributed by atoms with Gasteiger partial charge < -0.3 is 9.84 Å². The topological polar surface area (TPSA) is 46.5 Å². The minimum absolute atomic E-state index is 0.121. The van der Waals surface area contributed by atoms with E-state index in [2.05, 4.69) is 6.92 Å². The molecule has 0 rings (SSSR count). The summed E-state index contributed by atoms with van der Waals surface area (Å²) in [6.07, 6.45) is 6.93. The van der Waals surface area contributed by atoms with Crippen LogP contribution < -0.4 is 0 Å². The van der Waals surface area contributed by atoms with Crippen LogP contribution in [-0.4, -0.2) is 23.3 Å². The third kappa shape index (κ3) is 8.72. The molecule has 2 atom stereocenters. The number of aliphatic carboxylic acids is 1. The monoisotopic (exact) mass is 230 g/mol. The molecule has 0 radical (unpaired) electrons. The molecule has 3 nitrogen and oxygen atoms in total. The number of hydrogen-bond donors (Lipinski definition) is 1. The summed E-state index contributed by atoms with van der Waals surface area (Å²) >= 11 is 0. The van der Waals surface area contributed by atoms with Gasteiger partial charge in [0, 0.05) is 0 Å². The van der Waals surface area contributed by atoms with Crippen LogP contribution in [0.1, 0.15) is 65.7 Å². The number of rotatable bonds is 10. The fourth-order valence-electron chi connectivity index (χ4n) is 1.74. The van der Waals surface area contributed by atoms with E-state index in [1.807, 2.05) is 13.8 Å². The molecule has 0 heterocycles. The molecule has 3 heteroatoms. The first-order valence-electron chi connectivity index (χ1n) is 6.47. The molecule has 0 fully saturated rings. The van der Waals surface area contributed by atoms with Gasteiger partial charge in [0.05, 0.1) is 18.6 Å². The Hall–Kier alpha value is -0.570. The average Bonchev–Trinajstić information content (AvgIpc) is 2.23. The van der Waals surface area contributed by atoms with Gasteiger partial charge in [0.2, 0.25) is 0 Å². The fourth-order valence-corrected chi connectivity index (χ4v) is 1.74. The van der Waals surface area contributed by atoms with Crippen LogP contribution in [0.3, 0.4) is 0 Å². The molecule has 96 valence electrons. The van der Waals surface area contributed by atoms with Crippen molar-refractivity contribution < 1.29 is 14.6 Å². The largest absolute Gasteiger partial charge is 0.481 e. The zero-order valence-corrected chi connectivity index (χ0v) is 10.9. The van der Waals surface area contributed by atoms with E-state index >= 15 is 0 Å². The lowest BCUT2D eigenvalue weighted by atomic mass is 10.1. The Morgan fingerprint density at radius 1 is 1.25 bits per heavy atom. The minimum atomic E-state index is -0.773. The van der Waals surface area contributed by atoms with Crippen molar-refractivity contribution in [3.05, 3.63) is 0 Å². The van der Waals surface area contributed by atoms with Crippen LogP contribution in [0.15, 0.2) is 0 Å². The number of carbonyl (C=O) groups is 1. The van der Waals surface area contributed by atoms with Gasteiger partial charge in [0.25, 0.3) is 0 Å². The molecule has 0 amide bonds. The van der Waals surface area contributed by atoms with Gasteiger partial charge in [-0.25, -0.2) is 0 Å². The number of ether oxygens (including phenoxy) is 1. The summed E-state index contributed by atoms with van der Waals surface area (Å²) in [4.78, 5) is 10.6. The zero-order chi connectivity index (χ0) is 12.4. The number of hydrogen-bond acceptors (Lipinski definition) is 2. The highest BCUT2D eigenvalue weighted by Crippen LogP contribution is 2.13. The van der Waals surface area contributed by atoms with Crippen LogP contribution in [0.4, 0.5) is 0 Å². The molecule has 0 aromatic carbocycles. The van der Waals surface area contributed by atoms with Crippen molar-refractivity contribution in [1.29, 1.82) is 0 Å². The Labute approximate surface area is 99.2 Å². The highest BCUT2D eigenvalue weighted by atomic mass is 16.5. The normalized spacial score (nSPS) is 14.7. The lowest BCUT2D eigenvalue weighted by Crippen LogP contribution is -2.22. The molecule has 0 aromatic rings. The molecule has 0 aromatic heterocycles. The molecule has 16 heavy (non-hydrogen) atoms. The van der Waals surface area contributed by atoms with Crippen molar-refractivity contribution in [2.45, 2.75) is 77.9 Å². The molecular weight excluding hydrogens is 204 g/mol. The predicted molar refractivity (Wildman–Crippen MR) is 65.6 cm³/mol. The van der Waals surface area contributed by atoms with E-state index in [1.54, 1.807) is 0 Å². The lowest BCUT2D eigenvalue weighted by Gasteiger charge is -2.20. The van der Waals surface area contributed by atoms with E-state index in [0.717, 1.165) is 12.8 Å². The van der Waals surface area contributed by atoms with Crippen molar-refractivity contribution in [3.63, 3.8) is 0 Å². The molecule has 0 aliphatic heterocycles. The lowest BCUT2D eigenvalue weighted by molar-refractivity contribution is -0.141. The third-order valence-corrected chi connectivity index (χ3v) is 2.75. The van der Waals surface area contributed by atoms with Gasteiger partial charge in [-0.2, -0.15) is 0 Å². The van der Waals surface area contributed by atoms with Crippen LogP contribution in [-0.2, 0) is 9.53 Å². The number of carboxylic acid groups (broad SMARTS) is 1. The molecule has 0 spiro atoms. The minimum Gasteiger partial charge on any atom is -0.481 e. The first kappa shape index (κ1) is 15.4. The van der Waals surface area contributed by atoms with E-state index in [4.69, 9.17) is 9.84 Å². The van der Waals surface area contributed by atoms with Gasteiger partial charge in [-0.1, -0.05) is 39.5 Å². The highest BCUT2D eigenvalue weighted by Gasteiger charge is 2.14. The molecule has 0 saturated heterocycles. The standard InChI is InChI=1S/C13H26O3/c1-4-6-7-8-9-11(3)16-12(5-2)10-13(14)15/h11-12H,4-10H2,1-3H3,(H,14,15). The van der Waals surface area contributed by atoms with Gasteiger partial charge in [-0.05, 0) is 19.8 Å². The van der Waals surface area contributed by atoms with Crippen molar-refractivity contribution in [3.8, 4) is 0 Å². The molecule has 0 saturated carbocycles. The Balaban J connectivity index is 3.65. The quantitative estimate of drug-likeness (QED) is 0.583. The van der Waals surface area contributed by atoms with Crippen LogP contribution in [0.25, 0.3) is 0 Å². The van der Waals surface area contributed by atoms with Crippen molar-refractivity contribution in [2.75, 3.05) is 0 Å². The zero-order valence-electron chi connectivity index (χ0n) is 10.9. The van der Waals surface area contributed by atoms with Crippen LogP contribution >= 0.6 is 0 Å². The summed E-state index contributed by atoms with van der Waals surface area (Å²) in [5.41, 5.74) is 0. The van der Waals surface area contributed by atoms with E-state index in [-0.39, 0.29) is 18.6 Å². The molecule has 1 N–H and O–H groups in total. The highest BCUT2D eigenvalue weighted by molar-refractivity contribution is 5.67. The summed E-state index contributed by atoms with van der Waals surface area (Å²) in [6, 6.07) is 0. The Bertz CT molecular complexity index is 180. The molecule has 2 unspecified atom stereocenters. The Morgan fingerprint density at radius 3 is 2.44 bits per heavy atom. The molecule has 0 bridgehead atoms. The summed E-state index contributed by atoms with van der Waals surface area (Å²) in [5, 5.41) is 8.69. The summed E-state index contributed by atoms with van der Waals surface area (Å²) < 4.78 is 5.71. The number of unbranched alkanes of at least 4 members (excludes halogenated alkanes) is 3. The van der Waals surface area contributed by atoms with Crippen molar-refractivity contribution >= 4 is 5.97 Å². The maximum Gasteiger partial charge on any atom is 0.305 e. The van der Waals surface area contributed by atoms with E-state index in [9.17, 15) is 4.79 Å². The maximum absolute atomic E-state index is 10.6. The maximum atomic E-state index is 10.6. The summed E-state index contributed by atoms with van der Waals surface area (Å²) in [6.45, 7) is 6.20. The number of carboxylic acids is 1. The van der Waals surface area contributed by atoms with Gasteiger partial charge in [0.1, 0.15) is 0 Å². The van der Waals surface area contributed by atoms with E-state index in [1.165, 1.54) is 25.7 Å². The van der Waals surface area contributed by atoms with Crippen LogP contribution in [0.5, 0.6) is 0 Å². The van der Waals surface area contributed by atoms with Gasteiger partial charge in [0.15, 0.2) is 0 Å². The predicted octanol–water partition coefficient (Wildman–Crippen LogP) is 3.62. The van der Waals surface area contributed by atoms with E-state index < -0.39 is 5.97 Å². The van der Waals surface area contributed by atoms with Crippen molar-refractivity contribution in [1.82, 2.24) is 0 Å².